The van der Waals surface area contributed by atoms with Crippen LogP contribution in [0.15, 0.2) is 0 Å². The fourth-order valence-electron chi connectivity index (χ4n) is 2.58. The van der Waals surface area contributed by atoms with Crippen LogP contribution in [0.25, 0.3) is 0 Å². The van der Waals surface area contributed by atoms with Crippen LogP contribution in [0, 0.1) is 5.92 Å². The van der Waals surface area contributed by atoms with Crippen LogP contribution in [0.2, 0.25) is 0 Å². The maximum atomic E-state index is 12.5. The van der Waals surface area contributed by atoms with Gasteiger partial charge in [-0.15, -0.1) is 0 Å². The van der Waals surface area contributed by atoms with Gasteiger partial charge in [0.05, 0.1) is 0 Å². The first-order chi connectivity index (χ1) is 13.5. The van der Waals surface area contributed by atoms with Crippen LogP contribution in [0.1, 0.15) is 67.2 Å². The van der Waals surface area contributed by atoms with Crippen molar-refractivity contribution in [3.05, 3.63) is 0 Å². The van der Waals surface area contributed by atoms with E-state index in [1.165, 1.54) is 0 Å². The van der Waals surface area contributed by atoms with E-state index in [0.717, 1.165) is 30.5 Å². The fourth-order valence-corrected chi connectivity index (χ4v) is 7.86. The normalized spacial score (nSPS) is 19.3. The monoisotopic (exact) mass is 679 g/mol. The number of hydrogen-bond acceptors (Lipinski definition) is 7. The van der Waals surface area contributed by atoms with Gasteiger partial charge in [-0.3, -0.25) is 0 Å². The molecule has 1 aliphatic rings. The molecule has 0 saturated carbocycles. The van der Waals surface area contributed by atoms with Crippen molar-refractivity contribution in [2.75, 3.05) is 19.8 Å². The van der Waals surface area contributed by atoms with E-state index in [2.05, 4.69) is 19.2 Å². The summed E-state index contributed by atoms with van der Waals surface area (Å²) in [5, 5.41) is 2.55. The van der Waals surface area contributed by atoms with Gasteiger partial charge in [0.2, 0.25) is 0 Å². The molecule has 0 aliphatic carbocycles. The Hall–Kier alpha value is -2.15. The van der Waals surface area contributed by atoms with Gasteiger partial charge in [-0.2, -0.15) is 0 Å². The van der Waals surface area contributed by atoms with Crippen LogP contribution in [-0.2, 0) is 28.6 Å². The molecule has 0 aromatic carbocycles. The molecule has 176 valence electrons. The SMILES string of the molecule is CCCC(CCC)COC(=O)[C@H](C)N(OCCNC(=O)OC(C)(C)C)[P]1(=O)[O][Fm]1. The molecule has 1 heterocycles. The van der Waals surface area contributed by atoms with E-state index >= 15 is 0 Å². The molecule has 11 heteroatoms. The van der Waals surface area contributed by atoms with Gasteiger partial charge in [0.25, 0.3) is 0 Å². The molecule has 9 nitrogen and oxygen atoms in total. The quantitative estimate of drug-likeness (QED) is 0.102. The van der Waals surface area contributed by atoms with Gasteiger partial charge in [0.15, 0.2) is 0 Å². The molecule has 1 aliphatic heterocycles. The number of nitrogens with one attached hydrogen (secondary N) is 1. The van der Waals surface area contributed by atoms with Crippen LogP contribution in [0.4, 0.5) is 4.79 Å². The topological polar surface area (TPSA) is 107 Å². The zero-order valence-electron chi connectivity index (χ0n) is 18.1. The molecule has 1 amide bonds. The summed E-state index contributed by atoms with van der Waals surface area (Å²) in [6, 6.07) is -0.849. The van der Waals surface area contributed by atoms with Crippen molar-refractivity contribution >= 4 is 20.2 Å². The number of esters is 1. The maximum absolute atomic E-state index is 12.5. The fraction of sp³-hybridized carbons (Fsp3) is 0.889. The molecular formula is C18H35FmN2O7P. The Balaban J connectivity index is 2.50. The second kappa shape index (κ2) is 11.1. The van der Waals surface area contributed by atoms with Crippen molar-refractivity contribution in [2.45, 2.75) is 78.9 Å². The summed E-state index contributed by atoms with van der Waals surface area (Å²) in [7, 11) is -3.01. The van der Waals surface area contributed by atoms with Gasteiger partial charge in [-0.05, 0) is 0 Å². The van der Waals surface area contributed by atoms with E-state index in [-0.39, 0.29) is 13.2 Å². The van der Waals surface area contributed by atoms with E-state index in [9.17, 15) is 14.2 Å². The number of hydrogen-bond donors (Lipinski definition) is 1. The average Bonchev–Trinajstić information content (AvgIpc) is 3.35. The van der Waals surface area contributed by atoms with Crippen molar-refractivity contribution in [1.29, 1.82) is 0 Å². The van der Waals surface area contributed by atoms with E-state index < -0.39 is 31.9 Å². The molecule has 1 saturated heterocycles. The van der Waals surface area contributed by atoms with Crippen molar-refractivity contribution in [1.82, 2.24) is 10.2 Å². The minimum atomic E-state index is -3.01. The van der Waals surface area contributed by atoms with Crippen LogP contribution in [-0.4, -0.2) is 48.3 Å². The minimum absolute atomic E-state index is 0.0328. The summed E-state index contributed by atoms with van der Waals surface area (Å²) in [6.07, 6.45) is 3.50. The predicted octanol–water partition coefficient (Wildman–Crippen LogP) is 4.03. The summed E-state index contributed by atoms with van der Waals surface area (Å²) in [4.78, 5) is 36.0. The first-order valence-corrected chi connectivity index (χ1v) is 15.6. The van der Waals surface area contributed by atoms with Crippen LogP contribution < -0.4 is 5.32 Å². The number of carbonyl (C=O) groups is 2. The third kappa shape index (κ3) is 9.26. The van der Waals surface area contributed by atoms with Gasteiger partial charge in [-0.1, -0.05) is 0 Å². The van der Waals surface area contributed by atoms with Crippen LogP contribution in [0.5, 0.6) is 0 Å². The Kier molecular flexibility index (Phi) is 9.56. The molecule has 0 aromatic heterocycles. The second-order valence-corrected chi connectivity index (χ2v) is 15.9. The number of rotatable bonds is 13. The van der Waals surface area contributed by atoms with Crippen molar-refractivity contribution in [3.8, 4) is 0 Å². The Morgan fingerprint density at radius 2 is 1.79 bits per heavy atom. The summed E-state index contributed by atoms with van der Waals surface area (Å²) in [5.74, 6) is -0.157. The molecule has 29 heavy (non-hydrogen) atoms. The molecule has 0 radical (unpaired) electrons. The average molecular weight is 679 g/mol. The molecule has 1 fully saturated rings. The standard InChI is InChI=1S/C18H35N2O7P.Fm/c1-7-9-15(10-8-2)13-25-16(21)14(3)20(28(23)24)26-12-11-19-17(22)27-18(4,5)6;/h14-15H,7-13H2,1-6H3,(H,19,22);/t14-;/m0./s1. The molecule has 0 bridgehead atoms. The van der Waals surface area contributed by atoms with Gasteiger partial charge in [0, 0.05) is 0 Å². The number of hydroxylamine groups is 1. The van der Waals surface area contributed by atoms with Crippen LogP contribution in [0.3, 0.4) is 0 Å². The van der Waals surface area contributed by atoms with E-state index in [4.69, 9.17) is 19.2 Å². The van der Waals surface area contributed by atoms with E-state index in [0.29, 0.717) is 12.5 Å². The zero-order valence-corrected chi connectivity index (χ0v) is 21.4. The number of ether oxygens (including phenoxy) is 2. The van der Waals surface area contributed by atoms with Crippen molar-refractivity contribution < 1.29 is 33.4 Å². The molecule has 0 aromatic rings. The summed E-state index contributed by atoms with van der Waals surface area (Å²) in [6.45, 7) is 11.6. The van der Waals surface area contributed by atoms with Gasteiger partial charge < -0.3 is 0 Å². The second-order valence-electron chi connectivity index (χ2n) is 7.82. The van der Waals surface area contributed by atoms with Crippen molar-refractivity contribution in [2.24, 2.45) is 5.92 Å². The summed E-state index contributed by atoms with van der Waals surface area (Å²) in [5.41, 5.74) is -0.597. The number of carbonyl (C=O) groups excluding carboxylic acids is 2. The zero-order chi connectivity index (χ0) is 22.1. The first kappa shape index (κ1) is 24.9. The first-order valence-electron chi connectivity index (χ1n) is 9.96. The predicted molar refractivity (Wildman–Crippen MR) is 104 cm³/mol. The summed E-state index contributed by atoms with van der Waals surface area (Å²) >= 11 is 0. The Morgan fingerprint density at radius 1 is 1.21 bits per heavy atom. The van der Waals surface area contributed by atoms with E-state index in [1.54, 1.807) is 27.7 Å². The van der Waals surface area contributed by atoms with Crippen molar-refractivity contribution in [3.63, 3.8) is 0 Å². The Bertz CT molecular complexity index is 571. The number of amides is 1. The van der Waals surface area contributed by atoms with Gasteiger partial charge >= 0.3 is 168 Å². The number of nitrogens with zero attached hydrogens (tertiary/aromatic N) is 1. The molecule has 0 spiro atoms. The third-order valence-corrected chi connectivity index (χ3v) is 10.1. The molecule has 1 unspecified atom stereocenters. The third-order valence-electron chi connectivity index (χ3n) is 3.88. The Morgan fingerprint density at radius 3 is 2.28 bits per heavy atom. The molecule has 1 rings (SSSR count). The van der Waals surface area contributed by atoms with Gasteiger partial charge in [0.1, 0.15) is 0 Å². The van der Waals surface area contributed by atoms with E-state index in [1.807, 2.05) is 0 Å². The Labute approximate surface area is 169 Å². The summed E-state index contributed by atoms with van der Waals surface area (Å²) < 4.78 is 22.0. The molecule has 1 N–H and O–H groups in total. The molecular weight excluding hydrogens is 644 g/mol. The van der Waals surface area contributed by atoms with Crippen LogP contribution >= 0.6 is 8.18 Å². The van der Waals surface area contributed by atoms with Gasteiger partial charge in [-0.25, -0.2) is 0 Å². The number of alkyl carbamates (subject to hydrolysis) is 1. The molecule has 2 atom stereocenters.